The Morgan fingerprint density at radius 2 is 1.26 bits per heavy atom. The maximum Gasteiger partial charge on any atom is 0.530 e. The van der Waals surface area contributed by atoms with Gasteiger partial charge in [-0.3, -0.25) is 0 Å². The first-order valence-corrected chi connectivity index (χ1v) is 6.58. The van der Waals surface area contributed by atoms with Crippen LogP contribution in [0.15, 0.2) is 38.0 Å². The van der Waals surface area contributed by atoms with Crippen LogP contribution in [0.2, 0.25) is 0 Å². The molecule has 0 amide bonds. The van der Waals surface area contributed by atoms with Crippen molar-refractivity contribution in [3.63, 3.8) is 0 Å². The molecule has 0 aliphatic heterocycles. The van der Waals surface area contributed by atoms with Crippen LogP contribution in [0.25, 0.3) is 0 Å². The Balaban J connectivity index is 5.62. The Morgan fingerprint density at radius 3 is 1.57 bits per heavy atom. The molecule has 0 aromatic rings. The van der Waals surface area contributed by atoms with Crippen molar-refractivity contribution in [1.29, 1.82) is 0 Å². The van der Waals surface area contributed by atoms with Gasteiger partial charge in [0.1, 0.15) is 0 Å². The van der Waals surface area contributed by atoms with E-state index < -0.39 is 29.9 Å². The lowest BCUT2D eigenvalue weighted by Crippen LogP contribution is -2.51. The summed E-state index contributed by atoms with van der Waals surface area (Å²) < 4.78 is 18.6. The first-order valence-electron chi connectivity index (χ1n) is 6.58. The predicted molar refractivity (Wildman–Crippen MR) is 77.5 cm³/mol. The van der Waals surface area contributed by atoms with Gasteiger partial charge in [0.25, 0.3) is 0 Å². The van der Waals surface area contributed by atoms with Gasteiger partial charge in [-0.05, 0) is 6.42 Å². The molecular formula is C15H18O8. The fourth-order valence-corrected chi connectivity index (χ4v) is 1.11. The van der Waals surface area contributed by atoms with E-state index in [1.54, 1.807) is 0 Å². The van der Waals surface area contributed by atoms with Gasteiger partial charge >= 0.3 is 29.9 Å². The minimum atomic E-state index is -3.05. The fourth-order valence-electron chi connectivity index (χ4n) is 1.11. The van der Waals surface area contributed by atoms with Crippen molar-refractivity contribution in [3.8, 4) is 0 Å². The molecule has 0 N–H and O–H groups in total. The first kappa shape index (κ1) is 20.1. The monoisotopic (exact) mass is 326 g/mol. The quantitative estimate of drug-likeness (QED) is 0.255. The SMILES string of the molecule is C=CC(=O)OC(OC(=O)C=C)(OC(=O)C=C)C(=O)OCCCC. The molecule has 126 valence electrons. The van der Waals surface area contributed by atoms with E-state index in [2.05, 4.69) is 33.9 Å². The molecule has 8 nitrogen and oxygen atoms in total. The molecule has 23 heavy (non-hydrogen) atoms. The topological polar surface area (TPSA) is 105 Å². The zero-order valence-corrected chi connectivity index (χ0v) is 12.7. The van der Waals surface area contributed by atoms with Crippen LogP contribution in [0.1, 0.15) is 19.8 Å². The number of ether oxygens (including phenoxy) is 4. The maximum atomic E-state index is 12.1. The van der Waals surface area contributed by atoms with E-state index in [1.807, 2.05) is 6.92 Å². The zero-order chi connectivity index (χ0) is 17.9. The van der Waals surface area contributed by atoms with Crippen LogP contribution in [-0.2, 0) is 38.1 Å². The van der Waals surface area contributed by atoms with Crippen molar-refractivity contribution in [2.75, 3.05) is 6.61 Å². The molecule has 0 saturated heterocycles. The molecule has 0 aromatic carbocycles. The molecule has 0 unspecified atom stereocenters. The number of hydrogen-bond acceptors (Lipinski definition) is 8. The predicted octanol–water partition coefficient (Wildman–Crippen LogP) is 1.17. The Morgan fingerprint density at radius 1 is 0.870 bits per heavy atom. The summed E-state index contributed by atoms with van der Waals surface area (Å²) in [6.07, 6.45) is 3.22. The van der Waals surface area contributed by atoms with Crippen molar-refractivity contribution in [1.82, 2.24) is 0 Å². The normalized spacial score (nSPS) is 9.96. The molecule has 8 heteroatoms. The fraction of sp³-hybridized carbons (Fsp3) is 0.333. The number of carbonyl (C=O) groups excluding carboxylic acids is 4. The summed E-state index contributed by atoms with van der Waals surface area (Å²) in [7, 11) is 0. The van der Waals surface area contributed by atoms with Gasteiger partial charge in [0.15, 0.2) is 0 Å². The molecule has 0 aliphatic carbocycles. The van der Waals surface area contributed by atoms with Gasteiger partial charge in [0.05, 0.1) is 6.61 Å². The molecule has 0 aliphatic rings. The van der Waals surface area contributed by atoms with Gasteiger partial charge in [-0.15, -0.1) is 0 Å². The van der Waals surface area contributed by atoms with Gasteiger partial charge in [-0.2, -0.15) is 0 Å². The van der Waals surface area contributed by atoms with E-state index in [4.69, 9.17) is 4.74 Å². The Kier molecular flexibility index (Phi) is 8.68. The second kappa shape index (κ2) is 9.93. The Bertz CT molecular complexity index is 451. The Hall–Kier alpha value is -2.90. The zero-order valence-electron chi connectivity index (χ0n) is 12.7. The number of hydrogen-bond donors (Lipinski definition) is 0. The van der Waals surface area contributed by atoms with Crippen LogP contribution in [0.4, 0.5) is 0 Å². The number of unbranched alkanes of at least 4 members (excludes halogenated alkanes) is 1. The van der Waals surface area contributed by atoms with Crippen molar-refractivity contribution in [2.24, 2.45) is 0 Å². The van der Waals surface area contributed by atoms with Crippen LogP contribution < -0.4 is 0 Å². The molecule has 0 heterocycles. The second-order valence-corrected chi connectivity index (χ2v) is 3.92. The molecule has 0 fully saturated rings. The molecule has 0 atom stereocenters. The number of rotatable bonds is 10. The van der Waals surface area contributed by atoms with Crippen molar-refractivity contribution in [2.45, 2.75) is 25.7 Å². The van der Waals surface area contributed by atoms with E-state index in [-0.39, 0.29) is 6.61 Å². The highest BCUT2D eigenvalue weighted by Crippen LogP contribution is 2.20. The minimum absolute atomic E-state index is 0.0694. The van der Waals surface area contributed by atoms with E-state index in [1.165, 1.54) is 0 Å². The van der Waals surface area contributed by atoms with E-state index >= 15 is 0 Å². The van der Waals surface area contributed by atoms with Gasteiger partial charge in [-0.25, -0.2) is 19.2 Å². The van der Waals surface area contributed by atoms with Crippen LogP contribution >= 0.6 is 0 Å². The third kappa shape index (κ3) is 6.60. The van der Waals surface area contributed by atoms with Crippen molar-refractivity contribution < 1.29 is 38.1 Å². The van der Waals surface area contributed by atoms with Crippen LogP contribution in [-0.4, -0.2) is 36.5 Å². The highest BCUT2D eigenvalue weighted by atomic mass is 16.9. The van der Waals surface area contributed by atoms with Crippen LogP contribution in [0.5, 0.6) is 0 Å². The maximum absolute atomic E-state index is 12.1. The standard InChI is InChI=1S/C15H18O8/c1-5-9-10-20-14(19)15(21-11(16)6-2,22-12(17)7-3)23-13(18)8-4/h6-8H,2-5,9-10H2,1H3. The average Bonchev–Trinajstić information content (AvgIpc) is 2.54. The van der Waals surface area contributed by atoms with E-state index in [0.717, 1.165) is 0 Å². The van der Waals surface area contributed by atoms with Gasteiger partial charge in [0, 0.05) is 18.2 Å². The summed E-state index contributed by atoms with van der Waals surface area (Å²) in [6, 6.07) is 0. The lowest BCUT2D eigenvalue weighted by Gasteiger charge is -2.27. The van der Waals surface area contributed by atoms with Crippen molar-refractivity contribution >= 4 is 23.9 Å². The lowest BCUT2D eigenvalue weighted by atomic mass is 10.4. The summed E-state index contributed by atoms with van der Waals surface area (Å²) in [4.78, 5) is 46.4. The Labute approximate surface area is 133 Å². The highest BCUT2D eigenvalue weighted by Gasteiger charge is 2.53. The highest BCUT2D eigenvalue weighted by molar-refractivity contribution is 5.92. The van der Waals surface area contributed by atoms with Crippen LogP contribution in [0.3, 0.4) is 0 Å². The van der Waals surface area contributed by atoms with E-state index in [9.17, 15) is 19.2 Å². The van der Waals surface area contributed by atoms with Crippen molar-refractivity contribution in [3.05, 3.63) is 38.0 Å². The molecule has 0 bridgehead atoms. The molecule has 0 aromatic heterocycles. The average molecular weight is 326 g/mol. The summed E-state index contributed by atoms with van der Waals surface area (Å²) in [5, 5.41) is 0. The minimum Gasteiger partial charge on any atom is -0.457 e. The summed E-state index contributed by atoms with van der Waals surface area (Å²) >= 11 is 0. The van der Waals surface area contributed by atoms with Crippen LogP contribution in [0, 0.1) is 0 Å². The molecule has 0 radical (unpaired) electrons. The smallest absolute Gasteiger partial charge is 0.457 e. The molecule has 0 spiro atoms. The third-order valence-corrected chi connectivity index (χ3v) is 2.19. The lowest BCUT2D eigenvalue weighted by molar-refractivity contribution is -0.316. The first-order chi connectivity index (χ1) is 10.8. The summed E-state index contributed by atoms with van der Waals surface area (Å²) in [5.41, 5.74) is 0. The number of carbonyl (C=O) groups is 4. The third-order valence-electron chi connectivity index (χ3n) is 2.19. The second-order valence-electron chi connectivity index (χ2n) is 3.92. The molecule has 0 saturated carbocycles. The number of esters is 4. The summed E-state index contributed by atoms with van der Waals surface area (Å²) in [5.74, 6) is -8.01. The summed E-state index contributed by atoms with van der Waals surface area (Å²) in [6.45, 7) is 11.2. The van der Waals surface area contributed by atoms with Gasteiger partial charge in [0.2, 0.25) is 0 Å². The van der Waals surface area contributed by atoms with E-state index in [0.29, 0.717) is 31.1 Å². The van der Waals surface area contributed by atoms with Gasteiger partial charge in [-0.1, -0.05) is 33.1 Å². The molecular weight excluding hydrogens is 308 g/mol. The molecule has 0 rings (SSSR count). The largest absolute Gasteiger partial charge is 0.530 e. The van der Waals surface area contributed by atoms with Gasteiger partial charge < -0.3 is 18.9 Å².